The highest BCUT2D eigenvalue weighted by molar-refractivity contribution is 7.47. The van der Waals surface area contributed by atoms with Crippen LogP contribution in [0.25, 0.3) is 0 Å². The van der Waals surface area contributed by atoms with Crippen LogP contribution in [-0.2, 0) is 65.4 Å². The maximum atomic E-state index is 13.2. The summed E-state index contributed by atoms with van der Waals surface area (Å²) in [5.41, 5.74) is 0. The molecule has 0 aliphatic heterocycles. The lowest BCUT2D eigenvalue weighted by Crippen LogP contribution is -2.30. The third-order valence-electron chi connectivity index (χ3n) is 18.3. The van der Waals surface area contributed by atoms with E-state index < -0.39 is 97.5 Å². The lowest BCUT2D eigenvalue weighted by atomic mass is 10.1. The molecule has 0 aromatic heterocycles. The third kappa shape index (κ3) is 82.9. The largest absolute Gasteiger partial charge is 0.472 e. The molecule has 19 heteroatoms. The Hall–Kier alpha value is -5.06. The van der Waals surface area contributed by atoms with Crippen LogP contribution >= 0.6 is 15.6 Å². The monoisotopic (exact) mass is 1610 g/mol. The molecule has 0 spiro atoms. The number of rotatable bonds is 82. The summed E-state index contributed by atoms with van der Waals surface area (Å²) in [4.78, 5) is 73.4. The van der Waals surface area contributed by atoms with Crippen LogP contribution in [0.1, 0.15) is 362 Å². The van der Waals surface area contributed by atoms with Gasteiger partial charge in [-0.2, -0.15) is 0 Å². The summed E-state index contributed by atoms with van der Waals surface area (Å²) >= 11 is 0. The Balaban J connectivity index is 5.43. The number of allylic oxidation sites excluding steroid dienone is 24. The number of hydrogen-bond donors (Lipinski definition) is 3. The molecule has 5 atom stereocenters. The summed E-state index contributed by atoms with van der Waals surface area (Å²) in [6.07, 6.45) is 97.9. The van der Waals surface area contributed by atoms with Crippen molar-refractivity contribution in [2.24, 2.45) is 0 Å². The number of unbranched alkanes of at least 4 members (excludes halogenated alkanes) is 32. The van der Waals surface area contributed by atoms with E-state index in [4.69, 9.17) is 37.0 Å². The van der Waals surface area contributed by atoms with Gasteiger partial charge in [-0.15, -0.1) is 0 Å². The maximum absolute atomic E-state index is 13.2. The van der Waals surface area contributed by atoms with E-state index in [0.29, 0.717) is 25.7 Å². The molecule has 0 aliphatic rings. The highest BCUT2D eigenvalue weighted by atomic mass is 31.2. The molecule has 3 N–H and O–H groups in total. The van der Waals surface area contributed by atoms with Crippen LogP contribution in [0.2, 0.25) is 0 Å². The van der Waals surface area contributed by atoms with Gasteiger partial charge in [-0.3, -0.25) is 37.3 Å². The number of ether oxygens (including phenoxy) is 4. The highest BCUT2D eigenvalue weighted by Crippen LogP contribution is 2.45. The van der Waals surface area contributed by atoms with Gasteiger partial charge < -0.3 is 33.8 Å². The fourth-order valence-electron chi connectivity index (χ4n) is 11.5. The van der Waals surface area contributed by atoms with E-state index in [2.05, 4.69) is 174 Å². The molecule has 0 rings (SSSR count). The first kappa shape index (κ1) is 107. The van der Waals surface area contributed by atoms with Gasteiger partial charge in [-0.25, -0.2) is 9.13 Å². The van der Waals surface area contributed by atoms with Gasteiger partial charge in [0.15, 0.2) is 12.2 Å². The molecule has 0 saturated heterocycles. The summed E-state index contributed by atoms with van der Waals surface area (Å²) in [6.45, 7) is 4.67. The molecule has 112 heavy (non-hydrogen) atoms. The minimum absolute atomic E-state index is 0.0727. The number of carbonyl (C=O) groups is 4. The van der Waals surface area contributed by atoms with Gasteiger partial charge in [-0.1, -0.05) is 308 Å². The van der Waals surface area contributed by atoms with Crippen LogP contribution in [0.3, 0.4) is 0 Å². The molecule has 0 radical (unpaired) electrons. The van der Waals surface area contributed by atoms with E-state index >= 15 is 0 Å². The molecule has 0 aromatic rings. The minimum atomic E-state index is -5.00. The van der Waals surface area contributed by atoms with Gasteiger partial charge in [0.2, 0.25) is 0 Å². The van der Waals surface area contributed by atoms with Crippen LogP contribution in [0.5, 0.6) is 0 Å². The molecular weight excluding hydrogens is 1450 g/mol. The van der Waals surface area contributed by atoms with Gasteiger partial charge in [0.1, 0.15) is 19.3 Å². The number of phosphoric ester groups is 2. The van der Waals surface area contributed by atoms with Crippen LogP contribution in [0, 0.1) is 0 Å². The SMILES string of the molecule is CC/C=C\C/C=C\C/C=C\C/C=C\CCCCCCCCC(=O)OCC(COP(=O)(O)OCC(O)COP(=O)(O)OCC(COC(=O)CCCCCCCC/C=C\C/C=C\C/C=C\CCCCC)OC(=O)CCCCCCC/C=C\C/C=C\CCCCC)OC(=O)CCCCCCCC/C=C\C/C=C\C/C=C\CCCCC. The van der Waals surface area contributed by atoms with Gasteiger partial charge in [-0.05, 0) is 173 Å². The minimum Gasteiger partial charge on any atom is -0.462 e. The zero-order valence-electron chi connectivity index (χ0n) is 70.6. The average Bonchev–Trinajstić information content (AvgIpc) is 0.898. The zero-order valence-corrected chi connectivity index (χ0v) is 72.3. The van der Waals surface area contributed by atoms with Crippen molar-refractivity contribution in [2.45, 2.75) is 380 Å². The normalized spacial score (nSPS) is 14.5. The molecule has 0 fully saturated rings. The zero-order chi connectivity index (χ0) is 81.7. The summed E-state index contributed by atoms with van der Waals surface area (Å²) in [5.74, 6) is -2.23. The summed E-state index contributed by atoms with van der Waals surface area (Å²) < 4.78 is 68.9. The first-order chi connectivity index (χ1) is 54.7. The van der Waals surface area contributed by atoms with E-state index in [1.165, 1.54) is 57.8 Å². The van der Waals surface area contributed by atoms with Crippen molar-refractivity contribution in [3.05, 3.63) is 146 Å². The van der Waals surface area contributed by atoms with Crippen LogP contribution < -0.4 is 0 Å². The van der Waals surface area contributed by atoms with E-state index in [1.807, 2.05) is 0 Å². The molecule has 0 aliphatic carbocycles. The molecule has 0 saturated carbocycles. The van der Waals surface area contributed by atoms with Gasteiger partial charge in [0.25, 0.3) is 0 Å². The van der Waals surface area contributed by atoms with Crippen molar-refractivity contribution in [1.29, 1.82) is 0 Å². The van der Waals surface area contributed by atoms with E-state index in [0.717, 1.165) is 225 Å². The Morgan fingerprint density at radius 2 is 0.464 bits per heavy atom. The lowest BCUT2D eigenvalue weighted by molar-refractivity contribution is -0.161. The van der Waals surface area contributed by atoms with Crippen molar-refractivity contribution >= 4 is 39.5 Å². The van der Waals surface area contributed by atoms with E-state index in [-0.39, 0.29) is 25.7 Å². The fraction of sp³-hybridized carbons (Fsp3) is 0.699. The number of hydrogen-bond acceptors (Lipinski definition) is 15. The Labute approximate surface area is 681 Å². The number of phosphoric acid groups is 2. The molecule has 0 aromatic carbocycles. The quantitative estimate of drug-likeness (QED) is 0.0169. The second kappa shape index (κ2) is 83.9. The van der Waals surface area contributed by atoms with Crippen LogP contribution in [-0.4, -0.2) is 96.7 Å². The molecule has 0 amide bonds. The van der Waals surface area contributed by atoms with Crippen molar-refractivity contribution in [3.8, 4) is 0 Å². The summed E-state index contributed by atoms with van der Waals surface area (Å²) in [6, 6.07) is 0. The smallest absolute Gasteiger partial charge is 0.462 e. The third-order valence-corrected chi connectivity index (χ3v) is 20.2. The second-order valence-corrected chi connectivity index (χ2v) is 32.0. The molecule has 17 nitrogen and oxygen atoms in total. The summed E-state index contributed by atoms with van der Waals surface area (Å²) in [7, 11) is -9.99. The first-order valence-electron chi connectivity index (χ1n) is 44.1. The second-order valence-electron chi connectivity index (χ2n) is 29.1. The lowest BCUT2D eigenvalue weighted by Gasteiger charge is -2.21. The predicted molar refractivity (Wildman–Crippen MR) is 464 cm³/mol. The molecular formula is C93H158O17P2. The topological polar surface area (TPSA) is 237 Å². The number of carbonyl (C=O) groups excluding carboxylic acids is 4. The molecule has 5 unspecified atom stereocenters. The Bertz CT molecular complexity index is 2690. The fourth-order valence-corrected chi connectivity index (χ4v) is 13.1. The van der Waals surface area contributed by atoms with Gasteiger partial charge in [0, 0.05) is 25.7 Å². The standard InChI is InChI=1S/C93H158O17P2/c1-5-9-13-17-21-25-29-33-37-40-43-46-50-53-57-61-65-69-73-77-90(95)103-83-88(109-92(97)79-75-71-67-63-59-55-49-36-32-28-24-20-16-12-8-4)85-107-111(99,100)105-81-87(94)82-106-112(101,102)108-86-89(110-93(98)80-76-72-68-64-60-56-52-48-45-42-39-35-31-27-23-19-15-11-7-3)84-104-91(96)78-74-70-66-62-58-54-51-47-44-41-38-34-30-26-22-18-14-10-6-2/h10,14,21-28,33-39,43-49,87-89,94H,5-9,11-13,15-20,29-32,40-42,50-86H2,1-4H3,(H,99,100)(H,101,102)/b14-10-,25-21-,26-22-,27-23-,28-24-,37-33-,38-34-,39-35-,46-43-,47-44-,48-45-,49-36-. The van der Waals surface area contributed by atoms with Crippen molar-refractivity contribution in [1.82, 2.24) is 0 Å². The number of esters is 4. The molecule has 642 valence electrons. The predicted octanol–water partition coefficient (Wildman–Crippen LogP) is 26.6. The maximum Gasteiger partial charge on any atom is 0.472 e. The number of aliphatic hydroxyl groups is 1. The number of aliphatic hydroxyl groups excluding tert-OH is 1. The molecule has 0 heterocycles. The van der Waals surface area contributed by atoms with Gasteiger partial charge >= 0.3 is 39.5 Å². The van der Waals surface area contributed by atoms with Crippen LogP contribution in [0.4, 0.5) is 0 Å². The molecule has 0 bridgehead atoms. The Morgan fingerprint density at radius 1 is 0.259 bits per heavy atom. The van der Waals surface area contributed by atoms with E-state index in [9.17, 15) is 43.2 Å². The Morgan fingerprint density at radius 3 is 0.714 bits per heavy atom. The van der Waals surface area contributed by atoms with Crippen molar-refractivity contribution in [3.63, 3.8) is 0 Å². The first-order valence-corrected chi connectivity index (χ1v) is 47.1. The van der Waals surface area contributed by atoms with Crippen LogP contribution in [0.15, 0.2) is 146 Å². The Kier molecular flexibility index (Phi) is 80.1. The van der Waals surface area contributed by atoms with E-state index in [1.54, 1.807) is 0 Å². The highest BCUT2D eigenvalue weighted by Gasteiger charge is 2.30. The summed E-state index contributed by atoms with van der Waals surface area (Å²) in [5, 5.41) is 10.7. The van der Waals surface area contributed by atoms with Crippen molar-refractivity contribution in [2.75, 3.05) is 39.6 Å². The average molecular weight is 1610 g/mol. The van der Waals surface area contributed by atoms with Gasteiger partial charge in [0.05, 0.1) is 26.4 Å². The van der Waals surface area contributed by atoms with Crippen molar-refractivity contribution < 1.29 is 80.2 Å².